The SMILES string of the molecule is Cc1cc(Br)c(C(N)C2CCc3ccccc3C2)s1. The van der Waals surface area contributed by atoms with Crippen LogP contribution in [-0.4, -0.2) is 0 Å². The Bertz CT molecular complexity index is 590. The molecule has 3 heteroatoms. The molecule has 0 bridgehead atoms. The van der Waals surface area contributed by atoms with E-state index in [1.165, 1.54) is 31.8 Å². The highest BCUT2D eigenvalue weighted by atomic mass is 79.9. The smallest absolute Gasteiger partial charge is 0.0433 e. The zero-order chi connectivity index (χ0) is 13.4. The van der Waals surface area contributed by atoms with Crippen LogP contribution in [0.15, 0.2) is 34.8 Å². The molecular formula is C16H18BrNS. The highest BCUT2D eigenvalue weighted by Crippen LogP contribution is 2.39. The van der Waals surface area contributed by atoms with E-state index in [1.54, 1.807) is 0 Å². The molecule has 2 atom stereocenters. The van der Waals surface area contributed by atoms with E-state index in [0.717, 1.165) is 12.8 Å². The molecule has 0 aliphatic heterocycles. The van der Waals surface area contributed by atoms with Gasteiger partial charge in [0.2, 0.25) is 0 Å². The summed E-state index contributed by atoms with van der Waals surface area (Å²) in [6, 6.07) is 11.1. The normalized spacial score (nSPS) is 20.1. The molecule has 2 aromatic rings. The van der Waals surface area contributed by atoms with Crippen LogP contribution in [0.4, 0.5) is 0 Å². The van der Waals surface area contributed by atoms with Gasteiger partial charge in [-0.15, -0.1) is 11.3 Å². The van der Waals surface area contributed by atoms with Crippen LogP contribution in [0.25, 0.3) is 0 Å². The van der Waals surface area contributed by atoms with E-state index in [2.05, 4.69) is 53.2 Å². The van der Waals surface area contributed by atoms with E-state index in [9.17, 15) is 0 Å². The van der Waals surface area contributed by atoms with Crippen molar-refractivity contribution < 1.29 is 0 Å². The summed E-state index contributed by atoms with van der Waals surface area (Å²) in [6.45, 7) is 2.14. The number of hydrogen-bond donors (Lipinski definition) is 1. The Kier molecular flexibility index (Phi) is 3.79. The Balaban J connectivity index is 1.83. The van der Waals surface area contributed by atoms with Crippen molar-refractivity contribution in [1.29, 1.82) is 0 Å². The van der Waals surface area contributed by atoms with Crippen LogP contribution >= 0.6 is 27.3 Å². The van der Waals surface area contributed by atoms with Gasteiger partial charge in [-0.2, -0.15) is 0 Å². The molecule has 0 radical (unpaired) electrons. The van der Waals surface area contributed by atoms with Gasteiger partial charge in [-0.05, 0) is 65.2 Å². The van der Waals surface area contributed by atoms with E-state index >= 15 is 0 Å². The molecule has 100 valence electrons. The van der Waals surface area contributed by atoms with Crippen LogP contribution in [0.1, 0.15) is 33.3 Å². The van der Waals surface area contributed by atoms with Gasteiger partial charge in [0.25, 0.3) is 0 Å². The van der Waals surface area contributed by atoms with Gasteiger partial charge < -0.3 is 5.73 Å². The number of fused-ring (bicyclic) bond motifs is 1. The van der Waals surface area contributed by atoms with Gasteiger partial charge in [0.1, 0.15) is 0 Å². The largest absolute Gasteiger partial charge is 0.323 e. The predicted molar refractivity (Wildman–Crippen MR) is 85.6 cm³/mol. The summed E-state index contributed by atoms with van der Waals surface area (Å²) in [4.78, 5) is 2.63. The Hall–Kier alpha value is -0.640. The first-order valence-electron chi connectivity index (χ1n) is 6.73. The third-order valence-corrected chi connectivity index (χ3v) is 6.10. The summed E-state index contributed by atoms with van der Waals surface area (Å²) in [5.74, 6) is 0.559. The minimum atomic E-state index is 0.154. The van der Waals surface area contributed by atoms with Crippen molar-refractivity contribution in [1.82, 2.24) is 0 Å². The monoisotopic (exact) mass is 335 g/mol. The number of hydrogen-bond acceptors (Lipinski definition) is 2. The fraction of sp³-hybridized carbons (Fsp3) is 0.375. The van der Waals surface area contributed by atoms with Crippen LogP contribution in [0, 0.1) is 12.8 Å². The van der Waals surface area contributed by atoms with Crippen molar-refractivity contribution in [2.45, 2.75) is 32.2 Å². The Labute approximate surface area is 127 Å². The zero-order valence-electron chi connectivity index (χ0n) is 11.0. The number of rotatable bonds is 2. The van der Waals surface area contributed by atoms with Gasteiger partial charge in [0.05, 0.1) is 0 Å². The molecule has 1 heterocycles. The quantitative estimate of drug-likeness (QED) is 0.851. The molecule has 3 rings (SSSR count). The maximum atomic E-state index is 6.52. The minimum Gasteiger partial charge on any atom is -0.323 e. The first-order valence-corrected chi connectivity index (χ1v) is 8.34. The van der Waals surface area contributed by atoms with Crippen LogP contribution in [-0.2, 0) is 12.8 Å². The molecule has 0 fully saturated rings. The molecule has 1 aliphatic carbocycles. The van der Waals surface area contributed by atoms with Crippen LogP contribution in [0.2, 0.25) is 0 Å². The average molecular weight is 336 g/mol. The summed E-state index contributed by atoms with van der Waals surface area (Å²) in [7, 11) is 0. The van der Waals surface area contributed by atoms with E-state index < -0.39 is 0 Å². The van der Waals surface area contributed by atoms with Gasteiger partial charge >= 0.3 is 0 Å². The van der Waals surface area contributed by atoms with Crippen molar-refractivity contribution in [3.05, 3.63) is 55.7 Å². The maximum Gasteiger partial charge on any atom is 0.0433 e. The third-order valence-electron chi connectivity index (χ3n) is 4.03. The number of nitrogens with two attached hydrogens (primary N) is 1. The molecule has 0 saturated heterocycles. The maximum absolute atomic E-state index is 6.52. The molecule has 1 aromatic carbocycles. The molecule has 1 nitrogen and oxygen atoms in total. The summed E-state index contributed by atoms with van der Waals surface area (Å²) in [5, 5.41) is 0. The molecule has 1 aliphatic rings. The topological polar surface area (TPSA) is 26.0 Å². The lowest BCUT2D eigenvalue weighted by Crippen LogP contribution is -2.26. The lowest BCUT2D eigenvalue weighted by molar-refractivity contribution is 0.385. The number of thiophene rings is 1. The Morgan fingerprint density at radius 2 is 2.05 bits per heavy atom. The van der Waals surface area contributed by atoms with Gasteiger partial charge in [-0.25, -0.2) is 0 Å². The zero-order valence-corrected chi connectivity index (χ0v) is 13.4. The molecule has 0 amide bonds. The van der Waals surface area contributed by atoms with Crippen LogP contribution in [0.3, 0.4) is 0 Å². The third kappa shape index (κ3) is 2.64. The second-order valence-electron chi connectivity index (χ2n) is 5.37. The standard InChI is InChI=1S/C16H18BrNS/c1-10-8-14(17)16(19-10)15(18)13-7-6-11-4-2-3-5-12(11)9-13/h2-5,8,13,15H,6-7,9,18H2,1H3. The first kappa shape index (κ1) is 13.3. The highest BCUT2D eigenvalue weighted by Gasteiger charge is 2.27. The number of aryl methyl sites for hydroxylation is 2. The average Bonchev–Trinajstić information content (AvgIpc) is 2.76. The molecule has 1 aromatic heterocycles. The fourth-order valence-corrected chi connectivity index (χ4v) is 4.99. The predicted octanol–water partition coefficient (Wildman–Crippen LogP) is 4.62. The molecule has 2 unspecified atom stereocenters. The fourth-order valence-electron chi connectivity index (χ4n) is 2.98. The summed E-state index contributed by atoms with van der Waals surface area (Å²) in [5.41, 5.74) is 9.51. The van der Waals surface area contributed by atoms with Crippen LogP contribution in [0.5, 0.6) is 0 Å². The molecule has 2 N–H and O–H groups in total. The van der Waals surface area contributed by atoms with Crippen molar-refractivity contribution in [3.63, 3.8) is 0 Å². The minimum absolute atomic E-state index is 0.154. The number of benzene rings is 1. The van der Waals surface area contributed by atoms with E-state index in [-0.39, 0.29) is 6.04 Å². The van der Waals surface area contributed by atoms with Crippen molar-refractivity contribution >= 4 is 27.3 Å². The second-order valence-corrected chi connectivity index (χ2v) is 7.51. The van der Waals surface area contributed by atoms with Gasteiger partial charge in [-0.3, -0.25) is 0 Å². The summed E-state index contributed by atoms with van der Waals surface area (Å²) in [6.07, 6.45) is 3.47. The second kappa shape index (κ2) is 5.39. The number of halogens is 1. The van der Waals surface area contributed by atoms with E-state index in [0.29, 0.717) is 5.92 Å². The van der Waals surface area contributed by atoms with Crippen molar-refractivity contribution in [3.8, 4) is 0 Å². The molecule has 19 heavy (non-hydrogen) atoms. The Morgan fingerprint density at radius 3 is 2.74 bits per heavy atom. The van der Waals surface area contributed by atoms with Gasteiger partial charge in [0.15, 0.2) is 0 Å². The Morgan fingerprint density at radius 1 is 1.32 bits per heavy atom. The lowest BCUT2D eigenvalue weighted by Gasteiger charge is -2.29. The van der Waals surface area contributed by atoms with Crippen LogP contribution < -0.4 is 5.73 Å². The molecular weight excluding hydrogens is 318 g/mol. The van der Waals surface area contributed by atoms with Gasteiger partial charge in [0, 0.05) is 20.3 Å². The highest BCUT2D eigenvalue weighted by molar-refractivity contribution is 9.10. The summed E-state index contributed by atoms with van der Waals surface area (Å²) >= 11 is 5.47. The van der Waals surface area contributed by atoms with E-state index in [1.807, 2.05) is 11.3 Å². The lowest BCUT2D eigenvalue weighted by atomic mass is 9.80. The van der Waals surface area contributed by atoms with Gasteiger partial charge in [-0.1, -0.05) is 24.3 Å². The molecule has 0 spiro atoms. The van der Waals surface area contributed by atoms with Crippen molar-refractivity contribution in [2.75, 3.05) is 0 Å². The molecule has 0 saturated carbocycles. The summed E-state index contributed by atoms with van der Waals surface area (Å²) < 4.78 is 1.18. The van der Waals surface area contributed by atoms with Crippen molar-refractivity contribution in [2.24, 2.45) is 11.7 Å². The first-order chi connectivity index (χ1) is 9.15. The van der Waals surface area contributed by atoms with E-state index in [4.69, 9.17) is 5.73 Å².